The number of aliphatic hydroxyl groups excluding tert-OH is 1. The van der Waals surface area contributed by atoms with Crippen molar-refractivity contribution in [2.45, 2.75) is 103 Å². The van der Waals surface area contributed by atoms with Gasteiger partial charge in [-0.15, -0.1) is 6.58 Å². The molecule has 2 fully saturated rings. The molecule has 0 aromatic heterocycles. The third kappa shape index (κ3) is 8.32. The van der Waals surface area contributed by atoms with E-state index in [4.69, 9.17) is 37.9 Å². The van der Waals surface area contributed by atoms with Crippen LogP contribution in [-0.4, -0.2) is 91.0 Å². The SMILES string of the molecule is C=CCO[C@@H]1[C@@H](O[C@@H]2O[C@@H](C)[C@H](OC(C)=O)[C@@H](OC(C)=O)[C@H]2OC(C)=O)[C@@H](OCc2ccccc2)[C@H](O)O[C@H]1C. The first-order valence-electron chi connectivity index (χ1n) is 13.1. The Hall–Kier alpha value is -2.87. The predicted octanol–water partition coefficient (Wildman–Crippen LogP) is 1.81. The number of esters is 3. The molecule has 3 rings (SSSR count). The Morgan fingerprint density at radius 1 is 0.800 bits per heavy atom. The Morgan fingerprint density at radius 2 is 1.38 bits per heavy atom. The van der Waals surface area contributed by atoms with E-state index in [0.717, 1.165) is 5.56 Å². The van der Waals surface area contributed by atoms with Crippen molar-refractivity contribution in [3.8, 4) is 0 Å². The molecule has 2 aliphatic heterocycles. The summed E-state index contributed by atoms with van der Waals surface area (Å²) in [5, 5.41) is 10.9. The minimum Gasteiger partial charge on any atom is -0.456 e. The summed E-state index contributed by atoms with van der Waals surface area (Å²) in [7, 11) is 0. The summed E-state index contributed by atoms with van der Waals surface area (Å²) < 4.78 is 46.5. The molecule has 2 saturated heterocycles. The highest BCUT2D eigenvalue weighted by atomic mass is 16.7. The molecule has 0 spiro atoms. The summed E-state index contributed by atoms with van der Waals surface area (Å²) in [6, 6.07) is 9.31. The van der Waals surface area contributed by atoms with Crippen molar-refractivity contribution in [3.63, 3.8) is 0 Å². The second-order valence-electron chi connectivity index (χ2n) is 9.61. The van der Waals surface area contributed by atoms with Crippen LogP contribution in [0.25, 0.3) is 0 Å². The topological polar surface area (TPSA) is 145 Å². The van der Waals surface area contributed by atoms with Crippen LogP contribution in [0, 0.1) is 0 Å². The van der Waals surface area contributed by atoms with E-state index >= 15 is 0 Å². The third-order valence-corrected chi connectivity index (χ3v) is 6.36. The van der Waals surface area contributed by atoms with Gasteiger partial charge >= 0.3 is 17.9 Å². The van der Waals surface area contributed by atoms with E-state index in [1.807, 2.05) is 30.3 Å². The molecular weight excluding hydrogens is 528 g/mol. The zero-order chi connectivity index (χ0) is 29.4. The van der Waals surface area contributed by atoms with Crippen molar-refractivity contribution in [1.82, 2.24) is 0 Å². The lowest BCUT2D eigenvalue weighted by molar-refractivity contribution is -0.358. The number of carbonyl (C=O) groups excluding carboxylic acids is 3. The standard InChI is InChI=1S/C28H38O12/c1-7-13-33-21-15(2)35-27(32)25(34-14-20-11-9-8-10-12-20)23(21)40-28-26(39-19(6)31)24(38-18(5)30)22(16(3)36-28)37-17(4)29/h7-12,15-16,21-28,32H,1,13-14H2,2-6H3/t15-,16-,21-,22-,23+,24+,25+,26+,27+,28-/m0/s1. The lowest BCUT2D eigenvalue weighted by Gasteiger charge is -2.48. The fraction of sp³-hybridized carbons (Fsp3) is 0.607. The second kappa shape index (κ2) is 14.7. The van der Waals surface area contributed by atoms with Crippen molar-refractivity contribution in [2.24, 2.45) is 0 Å². The van der Waals surface area contributed by atoms with Crippen molar-refractivity contribution < 1.29 is 57.4 Å². The number of carbonyl (C=O) groups is 3. The molecule has 0 unspecified atom stereocenters. The van der Waals surface area contributed by atoms with Gasteiger partial charge < -0.3 is 43.0 Å². The zero-order valence-corrected chi connectivity index (χ0v) is 23.3. The number of rotatable bonds is 11. The molecule has 10 atom stereocenters. The monoisotopic (exact) mass is 566 g/mol. The summed E-state index contributed by atoms with van der Waals surface area (Å²) in [6.07, 6.45) is -9.23. The van der Waals surface area contributed by atoms with Gasteiger partial charge in [0.15, 0.2) is 30.9 Å². The van der Waals surface area contributed by atoms with Gasteiger partial charge in [0.25, 0.3) is 0 Å². The maximum atomic E-state index is 12.1. The fourth-order valence-electron chi connectivity index (χ4n) is 4.73. The Kier molecular flexibility index (Phi) is 11.6. The predicted molar refractivity (Wildman–Crippen MR) is 137 cm³/mol. The highest BCUT2D eigenvalue weighted by Gasteiger charge is 2.54. The number of ether oxygens (including phenoxy) is 8. The lowest BCUT2D eigenvalue weighted by Crippen LogP contribution is -2.65. The quantitative estimate of drug-likeness (QED) is 0.237. The van der Waals surface area contributed by atoms with Crippen molar-refractivity contribution in [1.29, 1.82) is 0 Å². The van der Waals surface area contributed by atoms with E-state index in [0.29, 0.717) is 0 Å². The molecule has 12 nitrogen and oxygen atoms in total. The molecule has 1 aromatic rings. The largest absolute Gasteiger partial charge is 0.456 e. The first-order valence-corrected chi connectivity index (χ1v) is 13.1. The van der Waals surface area contributed by atoms with Crippen LogP contribution >= 0.6 is 0 Å². The third-order valence-electron chi connectivity index (χ3n) is 6.36. The van der Waals surface area contributed by atoms with Crippen molar-refractivity contribution >= 4 is 17.9 Å². The molecule has 0 saturated carbocycles. The number of hydrogen-bond donors (Lipinski definition) is 1. The van der Waals surface area contributed by atoms with Crippen LogP contribution in [0.3, 0.4) is 0 Å². The van der Waals surface area contributed by atoms with Gasteiger partial charge in [-0.3, -0.25) is 14.4 Å². The summed E-state index contributed by atoms with van der Waals surface area (Å²) >= 11 is 0. The average Bonchev–Trinajstić information content (AvgIpc) is 2.87. The number of hydrogen-bond acceptors (Lipinski definition) is 12. The number of benzene rings is 1. The van der Waals surface area contributed by atoms with Gasteiger partial charge in [0.1, 0.15) is 18.3 Å². The van der Waals surface area contributed by atoms with Crippen molar-refractivity contribution in [2.75, 3.05) is 6.61 Å². The Labute approximate surface area is 233 Å². The molecular formula is C28H38O12. The summed E-state index contributed by atoms with van der Waals surface area (Å²) in [5.74, 6) is -2.06. The highest BCUT2D eigenvalue weighted by Crippen LogP contribution is 2.34. The minimum absolute atomic E-state index is 0.119. The smallest absolute Gasteiger partial charge is 0.303 e. The van der Waals surface area contributed by atoms with E-state index in [2.05, 4.69) is 6.58 Å². The molecule has 0 bridgehead atoms. The molecule has 0 radical (unpaired) electrons. The second-order valence-corrected chi connectivity index (χ2v) is 9.61. The van der Waals surface area contributed by atoms with Gasteiger partial charge in [-0.2, -0.15) is 0 Å². The van der Waals surface area contributed by atoms with E-state index in [1.165, 1.54) is 20.8 Å². The minimum atomic E-state index is -1.40. The summed E-state index contributed by atoms with van der Waals surface area (Å²) in [6.45, 7) is 10.8. The van der Waals surface area contributed by atoms with E-state index in [1.54, 1.807) is 19.9 Å². The summed E-state index contributed by atoms with van der Waals surface area (Å²) in [4.78, 5) is 36.0. The lowest BCUT2D eigenvalue weighted by atomic mass is 9.96. The van der Waals surface area contributed by atoms with Gasteiger partial charge in [-0.1, -0.05) is 36.4 Å². The van der Waals surface area contributed by atoms with Crippen LogP contribution in [0.15, 0.2) is 43.0 Å². The number of aliphatic hydroxyl groups is 1. The van der Waals surface area contributed by atoms with E-state index in [9.17, 15) is 19.5 Å². The molecule has 12 heteroatoms. The van der Waals surface area contributed by atoms with Gasteiger partial charge in [-0.05, 0) is 19.4 Å². The molecule has 1 aromatic carbocycles. The average molecular weight is 567 g/mol. The first kappa shape index (κ1) is 31.7. The summed E-state index contributed by atoms with van der Waals surface area (Å²) in [5.41, 5.74) is 0.843. The van der Waals surface area contributed by atoms with Crippen LogP contribution < -0.4 is 0 Å². The van der Waals surface area contributed by atoms with Gasteiger partial charge in [0.2, 0.25) is 0 Å². The van der Waals surface area contributed by atoms with Gasteiger partial charge in [0, 0.05) is 20.8 Å². The fourth-order valence-corrected chi connectivity index (χ4v) is 4.73. The van der Waals surface area contributed by atoms with Crippen LogP contribution in [0.2, 0.25) is 0 Å². The molecule has 0 amide bonds. The molecule has 2 aliphatic rings. The van der Waals surface area contributed by atoms with Crippen molar-refractivity contribution in [3.05, 3.63) is 48.6 Å². The normalized spacial score (nSPS) is 34.0. The van der Waals surface area contributed by atoms with Crippen LogP contribution in [0.4, 0.5) is 0 Å². The van der Waals surface area contributed by atoms with Crippen LogP contribution in [-0.2, 0) is 58.9 Å². The Morgan fingerprint density at radius 3 is 1.98 bits per heavy atom. The molecule has 1 N–H and O–H groups in total. The van der Waals surface area contributed by atoms with Crippen LogP contribution in [0.5, 0.6) is 0 Å². The highest BCUT2D eigenvalue weighted by molar-refractivity contribution is 5.68. The Balaban J connectivity index is 1.96. The molecule has 40 heavy (non-hydrogen) atoms. The first-order chi connectivity index (χ1) is 19.0. The maximum absolute atomic E-state index is 12.1. The molecule has 0 aliphatic carbocycles. The molecule has 2 heterocycles. The Bertz CT molecular complexity index is 1000. The van der Waals surface area contributed by atoms with Gasteiger partial charge in [0.05, 0.1) is 25.4 Å². The maximum Gasteiger partial charge on any atom is 0.303 e. The molecule has 222 valence electrons. The van der Waals surface area contributed by atoms with E-state index in [-0.39, 0.29) is 13.2 Å². The van der Waals surface area contributed by atoms with Crippen LogP contribution in [0.1, 0.15) is 40.2 Å². The zero-order valence-electron chi connectivity index (χ0n) is 23.3. The van der Waals surface area contributed by atoms with Gasteiger partial charge in [-0.25, -0.2) is 0 Å². The van der Waals surface area contributed by atoms with E-state index < -0.39 is 79.3 Å².